The molecule has 0 atom stereocenters. The van der Waals surface area contributed by atoms with Gasteiger partial charge in [-0.25, -0.2) is 8.78 Å². The van der Waals surface area contributed by atoms with Gasteiger partial charge in [-0.3, -0.25) is 4.90 Å². The van der Waals surface area contributed by atoms with E-state index in [9.17, 15) is 8.78 Å². The molecule has 76 valence electrons. The first-order valence-electron chi connectivity index (χ1n) is 4.21. The Balaban J connectivity index is 3.70. The maximum absolute atomic E-state index is 12.0. The number of aliphatic hydroxyl groups excluding tert-OH is 1. The molecule has 0 aliphatic rings. The fraction of sp³-hybridized carbons (Fsp3) is 0.778. The lowest BCUT2D eigenvalue weighted by atomic mass is 10.3. The molecule has 0 fully saturated rings. The maximum Gasteiger partial charge on any atom is 0.251 e. The van der Waals surface area contributed by atoms with Gasteiger partial charge in [0.25, 0.3) is 6.43 Å². The van der Waals surface area contributed by atoms with Crippen LogP contribution in [0.25, 0.3) is 0 Å². The van der Waals surface area contributed by atoms with Crippen LogP contribution < -0.4 is 0 Å². The van der Waals surface area contributed by atoms with Gasteiger partial charge in [0.15, 0.2) is 0 Å². The number of rotatable bonds is 6. The van der Waals surface area contributed by atoms with Gasteiger partial charge in [-0.15, -0.1) is 11.8 Å². The molecule has 0 aromatic heterocycles. The van der Waals surface area contributed by atoms with Gasteiger partial charge < -0.3 is 5.11 Å². The minimum absolute atomic E-state index is 0.0910. The molecule has 0 amide bonds. The van der Waals surface area contributed by atoms with E-state index >= 15 is 0 Å². The van der Waals surface area contributed by atoms with Crippen molar-refractivity contribution >= 4 is 0 Å². The summed E-state index contributed by atoms with van der Waals surface area (Å²) < 4.78 is 23.9. The molecule has 0 aromatic rings. The number of alkyl halides is 2. The predicted octanol–water partition coefficient (Wildman–Crippen LogP) is 0.959. The van der Waals surface area contributed by atoms with Crippen LogP contribution in [0.15, 0.2) is 0 Å². The van der Waals surface area contributed by atoms with Crippen LogP contribution in [0.1, 0.15) is 13.3 Å². The van der Waals surface area contributed by atoms with Gasteiger partial charge in [-0.05, 0) is 6.92 Å². The number of aliphatic hydroxyl groups is 1. The average molecular weight is 191 g/mol. The van der Waals surface area contributed by atoms with Crippen molar-refractivity contribution < 1.29 is 13.9 Å². The second-order valence-electron chi connectivity index (χ2n) is 2.59. The van der Waals surface area contributed by atoms with Crippen molar-refractivity contribution in [2.24, 2.45) is 0 Å². The van der Waals surface area contributed by atoms with Crippen LogP contribution in [-0.2, 0) is 0 Å². The Morgan fingerprint density at radius 1 is 1.38 bits per heavy atom. The third-order valence-electron chi connectivity index (χ3n) is 1.54. The highest BCUT2D eigenvalue weighted by atomic mass is 19.3. The van der Waals surface area contributed by atoms with E-state index in [1.807, 2.05) is 0 Å². The van der Waals surface area contributed by atoms with Gasteiger partial charge in [0, 0.05) is 19.5 Å². The van der Waals surface area contributed by atoms with E-state index in [4.69, 9.17) is 5.11 Å². The molecular formula is C9H15F2NO. The summed E-state index contributed by atoms with van der Waals surface area (Å²) in [5.41, 5.74) is 0. The molecule has 2 nitrogen and oxygen atoms in total. The Kier molecular flexibility index (Phi) is 7.56. The van der Waals surface area contributed by atoms with Crippen LogP contribution in [-0.4, -0.2) is 42.7 Å². The van der Waals surface area contributed by atoms with E-state index in [-0.39, 0.29) is 19.7 Å². The van der Waals surface area contributed by atoms with Gasteiger partial charge in [-0.1, -0.05) is 0 Å². The molecule has 0 aliphatic heterocycles. The Morgan fingerprint density at radius 2 is 2.08 bits per heavy atom. The smallest absolute Gasteiger partial charge is 0.251 e. The molecule has 0 aliphatic carbocycles. The zero-order valence-corrected chi connectivity index (χ0v) is 7.76. The SMILES string of the molecule is CC#CCCN(CCO)CC(F)F. The first-order valence-corrected chi connectivity index (χ1v) is 4.21. The molecule has 0 bridgehead atoms. The van der Waals surface area contributed by atoms with E-state index in [1.54, 1.807) is 6.92 Å². The molecule has 0 unspecified atom stereocenters. The molecule has 0 spiro atoms. The van der Waals surface area contributed by atoms with Gasteiger partial charge >= 0.3 is 0 Å². The minimum atomic E-state index is -2.35. The summed E-state index contributed by atoms with van der Waals surface area (Å²) in [6.07, 6.45) is -1.77. The Bertz CT molecular complexity index is 174. The van der Waals surface area contributed by atoms with E-state index in [2.05, 4.69) is 11.8 Å². The summed E-state index contributed by atoms with van der Waals surface area (Å²) in [7, 11) is 0. The number of halogens is 2. The summed E-state index contributed by atoms with van der Waals surface area (Å²) in [4.78, 5) is 1.51. The fourth-order valence-corrected chi connectivity index (χ4v) is 0.970. The zero-order chi connectivity index (χ0) is 10.1. The van der Waals surface area contributed by atoms with Gasteiger partial charge in [0.2, 0.25) is 0 Å². The van der Waals surface area contributed by atoms with Crippen molar-refractivity contribution in [1.82, 2.24) is 4.90 Å². The van der Waals surface area contributed by atoms with E-state index in [1.165, 1.54) is 4.90 Å². The lowest BCUT2D eigenvalue weighted by molar-refractivity contribution is 0.0796. The molecular weight excluding hydrogens is 176 g/mol. The van der Waals surface area contributed by atoms with Crippen LogP contribution >= 0.6 is 0 Å². The number of hydrogen-bond acceptors (Lipinski definition) is 2. The molecule has 0 radical (unpaired) electrons. The summed E-state index contributed by atoms with van der Waals surface area (Å²) in [6, 6.07) is 0. The van der Waals surface area contributed by atoms with E-state index in [0.717, 1.165) is 0 Å². The summed E-state index contributed by atoms with van der Waals surface area (Å²) in [5, 5.41) is 8.58. The predicted molar refractivity (Wildman–Crippen MR) is 47.6 cm³/mol. The quantitative estimate of drug-likeness (QED) is 0.632. The highest BCUT2D eigenvalue weighted by Crippen LogP contribution is 1.98. The van der Waals surface area contributed by atoms with E-state index in [0.29, 0.717) is 13.0 Å². The van der Waals surface area contributed by atoms with Crippen LogP contribution in [0, 0.1) is 11.8 Å². The third-order valence-corrected chi connectivity index (χ3v) is 1.54. The second kappa shape index (κ2) is 7.96. The number of hydrogen-bond donors (Lipinski definition) is 1. The Morgan fingerprint density at radius 3 is 2.54 bits per heavy atom. The lowest BCUT2D eigenvalue weighted by Gasteiger charge is -2.19. The van der Waals surface area contributed by atoms with Crippen LogP contribution in [0.5, 0.6) is 0 Å². The van der Waals surface area contributed by atoms with Crippen molar-refractivity contribution in [2.45, 2.75) is 19.8 Å². The fourth-order valence-electron chi connectivity index (χ4n) is 0.970. The maximum atomic E-state index is 12.0. The first kappa shape index (κ1) is 12.3. The normalized spacial score (nSPS) is 10.3. The summed E-state index contributed by atoms with van der Waals surface area (Å²) in [5.74, 6) is 5.48. The third kappa shape index (κ3) is 7.69. The molecule has 0 saturated heterocycles. The number of nitrogens with zero attached hydrogens (tertiary/aromatic N) is 1. The summed E-state index contributed by atoms with van der Waals surface area (Å²) in [6.45, 7) is 2.11. The summed E-state index contributed by atoms with van der Waals surface area (Å²) >= 11 is 0. The Hall–Kier alpha value is -0.660. The second-order valence-corrected chi connectivity index (χ2v) is 2.59. The molecule has 4 heteroatoms. The molecule has 13 heavy (non-hydrogen) atoms. The van der Waals surface area contributed by atoms with Crippen LogP contribution in [0.3, 0.4) is 0 Å². The topological polar surface area (TPSA) is 23.5 Å². The van der Waals surface area contributed by atoms with Crippen LogP contribution in [0.4, 0.5) is 8.78 Å². The van der Waals surface area contributed by atoms with Crippen LogP contribution in [0.2, 0.25) is 0 Å². The Labute approximate surface area is 77.5 Å². The van der Waals surface area contributed by atoms with Crippen molar-refractivity contribution in [3.8, 4) is 11.8 Å². The molecule has 1 N–H and O–H groups in total. The largest absolute Gasteiger partial charge is 0.395 e. The highest BCUT2D eigenvalue weighted by Gasteiger charge is 2.10. The lowest BCUT2D eigenvalue weighted by Crippen LogP contribution is -2.32. The molecule has 0 saturated carbocycles. The molecule has 0 rings (SSSR count). The van der Waals surface area contributed by atoms with Gasteiger partial charge in [-0.2, -0.15) is 0 Å². The van der Waals surface area contributed by atoms with E-state index < -0.39 is 6.43 Å². The van der Waals surface area contributed by atoms with Gasteiger partial charge in [0.1, 0.15) is 0 Å². The van der Waals surface area contributed by atoms with Gasteiger partial charge in [0.05, 0.1) is 13.2 Å². The highest BCUT2D eigenvalue weighted by molar-refractivity contribution is 4.95. The zero-order valence-electron chi connectivity index (χ0n) is 7.76. The average Bonchev–Trinajstić information content (AvgIpc) is 2.04. The monoisotopic (exact) mass is 191 g/mol. The minimum Gasteiger partial charge on any atom is -0.395 e. The van der Waals surface area contributed by atoms with Crippen molar-refractivity contribution in [3.05, 3.63) is 0 Å². The first-order chi connectivity index (χ1) is 6.20. The molecule has 0 aromatic carbocycles. The van der Waals surface area contributed by atoms with Crippen molar-refractivity contribution in [2.75, 3.05) is 26.2 Å². The molecule has 0 heterocycles. The van der Waals surface area contributed by atoms with Crippen molar-refractivity contribution in [1.29, 1.82) is 0 Å². The standard InChI is InChI=1S/C9H15F2NO/c1-2-3-4-5-12(6-7-13)8-9(10)11/h9,13H,4-8H2,1H3. The van der Waals surface area contributed by atoms with Crippen molar-refractivity contribution in [3.63, 3.8) is 0 Å².